The van der Waals surface area contributed by atoms with E-state index >= 15 is 0 Å². The third kappa shape index (κ3) is 4.89. The molecule has 3 aromatic carbocycles. The number of thiol groups is 1. The molecule has 4 rings (SSSR count). The summed E-state index contributed by atoms with van der Waals surface area (Å²) in [7, 11) is -2.41. The predicted molar refractivity (Wildman–Crippen MR) is 127 cm³/mol. The molecule has 1 saturated heterocycles. The molecule has 3 atom stereocenters. The molecule has 1 fully saturated rings. The van der Waals surface area contributed by atoms with Crippen LogP contribution in [-0.2, 0) is 14.7 Å². The number of halogens is 2. The Labute approximate surface area is 193 Å². The molecule has 4 nitrogen and oxygen atoms in total. The summed E-state index contributed by atoms with van der Waals surface area (Å²) in [6, 6.07) is 18.6. The lowest BCUT2D eigenvalue weighted by Gasteiger charge is -2.48. The fourth-order valence-corrected chi connectivity index (χ4v) is 5.19. The number of aliphatic hydroxyl groups excluding tert-OH is 1. The Hall–Kier alpha value is -2.90. The average Bonchev–Trinajstić information content (AvgIpc) is 2.78. The van der Waals surface area contributed by atoms with Crippen LogP contribution in [0.2, 0.25) is 0 Å². The Bertz CT molecular complexity index is 1170. The minimum Gasteiger partial charge on any atom is -0.388 e. The number of nitrogens with zero attached hydrogens (tertiary/aromatic N) is 1. The molecule has 33 heavy (non-hydrogen) atoms. The molecule has 0 unspecified atom stereocenters. The fourth-order valence-electron chi connectivity index (χ4n) is 4.32. The highest BCUT2D eigenvalue weighted by atomic mass is 32.2. The number of anilines is 1. The molecule has 7 heteroatoms. The van der Waals surface area contributed by atoms with Crippen LogP contribution >= 0.6 is 0 Å². The molecule has 1 aliphatic rings. The van der Waals surface area contributed by atoms with Crippen molar-refractivity contribution in [2.75, 3.05) is 17.4 Å². The zero-order valence-corrected chi connectivity index (χ0v) is 19.4. The number of hydrogen-bond acceptors (Lipinski definition) is 3. The fraction of sp³-hybridized carbons (Fsp3) is 0.269. The first kappa shape index (κ1) is 23.3. The number of amides is 1. The first-order valence-corrected chi connectivity index (χ1v) is 13.4. The van der Waals surface area contributed by atoms with E-state index in [1.165, 1.54) is 36.4 Å². The summed E-state index contributed by atoms with van der Waals surface area (Å²) >= 11 is 0. The summed E-state index contributed by atoms with van der Waals surface area (Å²) in [5.74, 6) is -1.22. The standard InChI is InChI=1S/C26H27F2NO3S/c1-33(2,32)22-13-5-18(6-14-22)25-23(15-16-24(30)17-3-7-19(27)8-4-17)26(31)29(25)21-11-9-20(28)10-12-21/h3-14,23-25,30,33H,15-16H2,1-2H3/t23-,24+,25-/m1/s1. The van der Waals surface area contributed by atoms with Gasteiger partial charge < -0.3 is 10.0 Å². The predicted octanol–water partition coefficient (Wildman–Crippen LogP) is 4.82. The normalized spacial score (nSPS) is 19.8. The number of hydrogen-bond donors (Lipinski definition) is 2. The van der Waals surface area contributed by atoms with Gasteiger partial charge in [-0.15, -0.1) is 0 Å². The lowest BCUT2D eigenvalue weighted by atomic mass is 9.78. The topological polar surface area (TPSA) is 57.6 Å². The van der Waals surface area contributed by atoms with Crippen molar-refractivity contribution in [3.05, 3.63) is 95.6 Å². The molecule has 1 N–H and O–H groups in total. The van der Waals surface area contributed by atoms with Crippen LogP contribution in [-0.4, -0.2) is 27.7 Å². The Morgan fingerprint density at radius 3 is 2.00 bits per heavy atom. The first-order chi connectivity index (χ1) is 15.6. The molecule has 0 aromatic heterocycles. The van der Waals surface area contributed by atoms with E-state index in [0.717, 1.165) is 10.5 Å². The summed E-state index contributed by atoms with van der Waals surface area (Å²) in [6.07, 6.45) is 3.38. The van der Waals surface area contributed by atoms with Crippen LogP contribution in [0.5, 0.6) is 0 Å². The van der Waals surface area contributed by atoms with Crippen molar-refractivity contribution in [1.82, 2.24) is 0 Å². The van der Waals surface area contributed by atoms with Gasteiger partial charge >= 0.3 is 0 Å². The van der Waals surface area contributed by atoms with Crippen molar-refractivity contribution in [2.45, 2.75) is 29.9 Å². The lowest BCUT2D eigenvalue weighted by Crippen LogP contribution is -2.55. The highest BCUT2D eigenvalue weighted by Crippen LogP contribution is 2.46. The van der Waals surface area contributed by atoms with Crippen molar-refractivity contribution in [1.29, 1.82) is 0 Å². The van der Waals surface area contributed by atoms with E-state index in [0.29, 0.717) is 24.1 Å². The van der Waals surface area contributed by atoms with E-state index in [9.17, 15) is 22.9 Å². The highest BCUT2D eigenvalue weighted by molar-refractivity contribution is 8.01. The summed E-state index contributed by atoms with van der Waals surface area (Å²) in [4.78, 5) is 15.5. The molecule has 0 saturated carbocycles. The van der Waals surface area contributed by atoms with E-state index in [2.05, 4.69) is 0 Å². The molecule has 0 radical (unpaired) electrons. The molecule has 0 spiro atoms. The smallest absolute Gasteiger partial charge is 0.233 e. The van der Waals surface area contributed by atoms with Crippen LogP contribution in [0.25, 0.3) is 0 Å². The number of rotatable bonds is 7. The van der Waals surface area contributed by atoms with Crippen molar-refractivity contribution in [2.24, 2.45) is 5.92 Å². The van der Waals surface area contributed by atoms with Gasteiger partial charge in [0.25, 0.3) is 0 Å². The Morgan fingerprint density at radius 1 is 0.909 bits per heavy atom. The van der Waals surface area contributed by atoms with Gasteiger partial charge in [-0.3, -0.25) is 9.00 Å². The molecule has 1 aliphatic heterocycles. The van der Waals surface area contributed by atoms with E-state index in [1.54, 1.807) is 29.5 Å². The van der Waals surface area contributed by atoms with Crippen molar-refractivity contribution in [3.8, 4) is 0 Å². The molecule has 1 amide bonds. The molecular weight excluding hydrogens is 444 g/mol. The highest BCUT2D eigenvalue weighted by Gasteiger charge is 2.48. The SMILES string of the molecule is C[SH](C)(=O)c1ccc([C@@H]2[C@@H](CC[C@H](O)c3ccc(F)cc3)C(=O)N2c2ccc(F)cc2)cc1. The van der Waals surface area contributed by atoms with Crippen LogP contribution in [0, 0.1) is 17.6 Å². The molecule has 3 aromatic rings. The number of aliphatic hydroxyl groups is 1. The number of β-lactam (4-membered cyclic amide) rings is 1. The third-order valence-electron chi connectivity index (χ3n) is 6.18. The van der Waals surface area contributed by atoms with Gasteiger partial charge in [0.05, 0.1) is 18.1 Å². The largest absolute Gasteiger partial charge is 0.388 e. The summed E-state index contributed by atoms with van der Waals surface area (Å²) < 4.78 is 39.0. The van der Waals surface area contributed by atoms with Gasteiger partial charge in [-0.05, 0) is 85.0 Å². The van der Waals surface area contributed by atoms with E-state index in [4.69, 9.17) is 0 Å². The van der Waals surface area contributed by atoms with Gasteiger partial charge in [0.15, 0.2) is 0 Å². The third-order valence-corrected chi connectivity index (χ3v) is 7.72. The first-order valence-electron chi connectivity index (χ1n) is 10.8. The number of benzene rings is 3. The monoisotopic (exact) mass is 471 g/mol. The number of carbonyl (C=O) groups excluding carboxylic acids is 1. The Kier molecular flexibility index (Phi) is 6.45. The van der Waals surface area contributed by atoms with E-state index in [-0.39, 0.29) is 29.5 Å². The summed E-state index contributed by atoms with van der Waals surface area (Å²) in [6.45, 7) is 0. The van der Waals surface area contributed by atoms with Crippen LogP contribution in [0.4, 0.5) is 14.5 Å². The van der Waals surface area contributed by atoms with Crippen molar-refractivity contribution < 1.29 is 22.9 Å². The maximum absolute atomic E-state index is 13.4. The molecule has 174 valence electrons. The Balaban J connectivity index is 1.58. The van der Waals surface area contributed by atoms with Gasteiger partial charge in [-0.25, -0.2) is 8.78 Å². The van der Waals surface area contributed by atoms with Crippen LogP contribution in [0.3, 0.4) is 0 Å². The Morgan fingerprint density at radius 2 is 1.45 bits per heavy atom. The quantitative estimate of drug-likeness (QED) is 0.384. The second-order valence-electron chi connectivity index (χ2n) is 8.82. The van der Waals surface area contributed by atoms with E-state index in [1.807, 2.05) is 24.3 Å². The van der Waals surface area contributed by atoms with Gasteiger partial charge in [0, 0.05) is 10.6 Å². The number of carbonyl (C=O) groups is 1. The van der Waals surface area contributed by atoms with Crippen molar-refractivity contribution >= 4 is 21.5 Å². The van der Waals surface area contributed by atoms with Gasteiger partial charge in [-0.2, -0.15) is 0 Å². The second-order valence-corrected chi connectivity index (χ2v) is 12.0. The molecule has 0 bridgehead atoms. The maximum Gasteiger partial charge on any atom is 0.233 e. The second kappa shape index (κ2) is 9.15. The maximum atomic E-state index is 13.4. The van der Waals surface area contributed by atoms with Crippen molar-refractivity contribution in [3.63, 3.8) is 0 Å². The lowest BCUT2D eigenvalue weighted by molar-refractivity contribution is -0.131. The van der Waals surface area contributed by atoms with Crippen LogP contribution < -0.4 is 4.90 Å². The minimum absolute atomic E-state index is 0.0985. The van der Waals surface area contributed by atoms with Crippen LogP contribution in [0.1, 0.15) is 36.1 Å². The minimum atomic E-state index is -2.41. The average molecular weight is 472 g/mol. The zero-order chi connectivity index (χ0) is 23.8. The summed E-state index contributed by atoms with van der Waals surface area (Å²) in [5, 5.41) is 10.5. The van der Waals surface area contributed by atoms with Crippen LogP contribution in [0.15, 0.2) is 77.7 Å². The van der Waals surface area contributed by atoms with Gasteiger partial charge in [0.1, 0.15) is 11.6 Å². The molecule has 0 aliphatic carbocycles. The van der Waals surface area contributed by atoms with Gasteiger partial charge in [0.2, 0.25) is 5.91 Å². The zero-order valence-electron chi connectivity index (χ0n) is 18.5. The molecular formula is C26H27F2NO3S. The van der Waals surface area contributed by atoms with Gasteiger partial charge in [-0.1, -0.05) is 34.2 Å². The van der Waals surface area contributed by atoms with E-state index < -0.39 is 16.0 Å². The summed E-state index contributed by atoms with van der Waals surface area (Å²) in [5.41, 5.74) is 2.08. The molecule has 1 heterocycles.